The van der Waals surface area contributed by atoms with Gasteiger partial charge in [0.2, 0.25) is 0 Å². The van der Waals surface area contributed by atoms with Gasteiger partial charge in [0.25, 0.3) is 0 Å². The standard InChI is InChI=1S/C22H20N2/c1-18-4-6-19(7-5-18)8-9-20-10-12-21(13-11-20)15-24-17-22-3-2-14-23-16-22/h2-7,10-14,16,24H,15,17H2,1H3. The molecule has 2 nitrogen and oxygen atoms in total. The number of hydrogen-bond acceptors (Lipinski definition) is 2. The van der Waals surface area contributed by atoms with Gasteiger partial charge in [-0.3, -0.25) is 4.98 Å². The summed E-state index contributed by atoms with van der Waals surface area (Å²) in [7, 11) is 0. The van der Waals surface area contributed by atoms with Crippen molar-refractivity contribution < 1.29 is 0 Å². The molecule has 0 spiro atoms. The first-order valence-corrected chi connectivity index (χ1v) is 8.07. The Balaban J connectivity index is 1.55. The van der Waals surface area contributed by atoms with Crippen LogP contribution in [0.4, 0.5) is 0 Å². The van der Waals surface area contributed by atoms with E-state index in [-0.39, 0.29) is 0 Å². The predicted molar refractivity (Wildman–Crippen MR) is 98.4 cm³/mol. The van der Waals surface area contributed by atoms with Gasteiger partial charge in [0.15, 0.2) is 0 Å². The largest absolute Gasteiger partial charge is 0.309 e. The smallest absolute Gasteiger partial charge is 0.0312 e. The minimum atomic E-state index is 0.822. The highest BCUT2D eigenvalue weighted by atomic mass is 14.8. The van der Waals surface area contributed by atoms with Crippen LogP contribution >= 0.6 is 0 Å². The van der Waals surface area contributed by atoms with Crippen molar-refractivity contribution in [3.05, 3.63) is 101 Å². The number of benzene rings is 2. The number of aromatic nitrogens is 1. The molecule has 3 rings (SSSR count). The molecule has 0 radical (unpaired) electrons. The molecule has 1 aromatic heterocycles. The van der Waals surface area contributed by atoms with Gasteiger partial charge in [-0.1, -0.05) is 47.7 Å². The molecule has 24 heavy (non-hydrogen) atoms. The highest BCUT2D eigenvalue weighted by Crippen LogP contribution is 2.05. The number of nitrogens with one attached hydrogen (secondary N) is 1. The van der Waals surface area contributed by atoms with Crippen LogP contribution in [0.25, 0.3) is 0 Å². The summed E-state index contributed by atoms with van der Waals surface area (Å²) in [5.74, 6) is 6.41. The maximum atomic E-state index is 4.12. The van der Waals surface area contributed by atoms with Gasteiger partial charge in [0, 0.05) is 36.6 Å². The zero-order valence-electron chi connectivity index (χ0n) is 13.8. The average Bonchev–Trinajstić information content (AvgIpc) is 2.63. The quantitative estimate of drug-likeness (QED) is 0.734. The summed E-state index contributed by atoms with van der Waals surface area (Å²) in [5.41, 5.74) is 5.77. The first kappa shape index (κ1) is 16.0. The molecule has 0 fully saturated rings. The van der Waals surface area contributed by atoms with Crippen LogP contribution in [0.15, 0.2) is 73.1 Å². The van der Waals surface area contributed by atoms with Crippen LogP contribution in [-0.4, -0.2) is 4.98 Å². The molecule has 3 aromatic rings. The Hall–Kier alpha value is -2.89. The van der Waals surface area contributed by atoms with Crippen LogP contribution in [0.5, 0.6) is 0 Å². The van der Waals surface area contributed by atoms with E-state index in [1.807, 2.05) is 12.3 Å². The SMILES string of the molecule is Cc1ccc(C#Cc2ccc(CNCc3cccnc3)cc2)cc1. The number of aryl methyl sites for hydroxylation is 1. The highest BCUT2D eigenvalue weighted by Gasteiger charge is 1.95. The van der Waals surface area contributed by atoms with E-state index < -0.39 is 0 Å². The fourth-order valence-electron chi connectivity index (χ4n) is 2.34. The lowest BCUT2D eigenvalue weighted by Gasteiger charge is -2.05. The third-order valence-electron chi connectivity index (χ3n) is 3.74. The monoisotopic (exact) mass is 312 g/mol. The number of pyridine rings is 1. The lowest BCUT2D eigenvalue weighted by molar-refractivity contribution is 0.691. The molecule has 2 aromatic carbocycles. The third kappa shape index (κ3) is 4.81. The topological polar surface area (TPSA) is 24.9 Å². The van der Waals surface area contributed by atoms with Crippen molar-refractivity contribution in [2.75, 3.05) is 0 Å². The van der Waals surface area contributed by atoms with Gasteiger partial charge in [-0.15, -0.1) is 0 Å². The Morgan fingerprint density at radius 3 is 2.04 bits per heavy atom. The van der Waals surface area contributed by atoms with Crippen LogP contribution in [0, 0.1) is 18.8 Å². The molecular weight excluding hydrogens is 292 g/mol. The lowest BCUT2D eigenvalue weighted by Crippen LogP contribution is -2.12. The maximum absolute atomic E-state index is 4.12. The molecule has 1 heterocycles. The minimum Gasteiger partial charge on any atom is -0.309 e. The second-order valence-corrected chi connectivity index (χ2v) is 5.78. The summed E-state index contributed by atoms with van der Waals surface area (Å²) in [4.78, 5) is 4.12. The van der Waals surface area contributed by atoms with Gasteiger partial charge in [-0.2, -0.15) is 0 Å². The summed E-state index contributed by atoms with van der Waals surface area (Å²) in [6.07, 6.45) is 3.68. The van der Waals surface area contributed by atoms with Gasteiger partial charge >= 0.3 is 0 Å². The first-order valence-electron chi connectivity index (χ1n) is 8.07. The third-order valence-corrected chi connectivity index (χ3v) is 3.74. The molecule has 0 aliphatic heterocycles. The van der Waals surface area contributed by atoms with Gasteiger partial charge in [0.05, 0.1) is 0 Å². The molecule has 0 saturated heterocycles. The molecule has 0 bridgehead atoms. The van der Waals surface area contributed by atoms with Gasteiger partial charge in [0.1, 0.15) is 0 Å². The lowest BCUT2D eigenvalue weighted by atomic mass is 10.1. The first-order chi connectivity index (χ1) is 11.8. The van der Waals surface area contributed by atoms with Gasteiger partial charge in [-0.25, -0.2) is 0 Å². The minimum absolute atomic E-state index is 0.822. The summed E-state index contributed by atoms with van der Waals surface area (Å²) in [6.45, 7) is 3.74. The number of hydrogen-bond donors (Lipinski definition) is 1. The Morgan fingerprint density at radius 2 is 1.42 bits per heavy atom. The van der Waals surface area contributed by atoms with Crippen molar-refractivity contribution in [3.8, 4) is 11.8 Å². The average molecular weight is 312 g/mol. The molecule has 0 unspecified atom stereocenters. The van der Waals surface area contributed by atoms with Crippen molar-refractivity contribution in [1.29, 1.82) is 0 Å². The molecule has 2 heteroatoms. The van der Waals surface area contributed by atoms with E-state index in [2.05, 4.69) is 83.7 Å². The normalized spacial score (nSPS) is 10.0. The van der Waals surface area contributed by atoms with E-state index in [1.165, 1.54) is 16.7 Å². The summed E-state index contributed by atoms with van der Waals surface area (Å²) < 4.78 is 0. The van der Waals surface area contributed by atoms with E-state index in [9.17, 15) is 0 Å². The van der Waals surface area contributed by atoms with E-state index >= 15 is 0 Å². The molecule has 1 N–H and O–H groups in total. The molecular formula is C22H20N2. The fourth-order valence-corrected chi connectivity index (χ4v) is 2.34. The maximum Gasteiger partial charge on any atom is 0.0312 e. The van der Waals surface area contributed by atoms with Gasteiger partial charge < -0.3 is 5.32 Å². The summed E-state index contributed by atoms with van der Waals surface area (Å²) in [6, 6.07) is 20.7. The predicted octanol–water partition coefficient (Wildman–Crippen LogP) is 4.08. The Labute approximate surface area is 143 Å². The van der Waals surface area contributed by atoms with Crippen molar-refractivity contribution in [2.24, 2.45) is 0 Å². The molecule has 0 amide bonds. The Bertz CT molecular complexity index is 823. The van der Waals surface area contributed by atoms with E-state index in [0.717, 1.165) is 24.2 Å². The molecule has 0 aliphatic carbocycles. The van der Waals surface area contributed by atoms with Crippen LogP contribution < -0.4 is 5.32 Å². The zero-order valence-corrected chi connectivity index (χ0v) is 13.8. The van der Waals surface area contributed by atoms with E-state index in [1.54, 1.807) is 6.20 Å². The van der Waals surface area contributed by atoms with Crippen LogP contribution in [0.2, 0.25) is 0 Å². The van der Waals surface area contributed by atoms with Crippen molar-refractivity contribution in [3.63, 3.8) is 0 Å². The van der Waals surface area contributed by atoms with Crippen molar-refractivity contribution in [1.82, 2.24) is 10.3 Å². The summed E-state index contributed by atoms with van der Waals surface area (Å²) >= 11 is 0. The molecule has 0 aliphatic rings. The van der Waals surface area contributed by atoms with E-state index in [0.29, 0.717) is 0 Å². The summed E-state index contributed by atoms with van der Waals surface area (Å²) in [5, 5.41) is 3.42. The molecule has 0 saturated carbocycles. The van der Waals surface area contributed by atoms with Gasteiger partial charge in [-0.05, 0) is 48.4 Å². The van der Waals surface area contributed by atoms with Crippen LogP contribution in [0.1, 0.15) is 27.8 Å². The van der Waals surface area contributed by atoms with Crippen LogP contribution in [0.3, 0.4) is 0 Å². The second-order valence-electron chi connectivity index (χ2n) is 5.78. The molecule has 118 valence electrons. The highest BCUT2D eigenvalue weighted by molar-refractivity contribution is 5.43. The molecule has 0 atom stereocenters. The Morgan fingerprint density at radius 1 is 0.792 bits per heavy atom. The number of rotatable bonds is 4. The van der Waals surface area contributed by atoms with Crippen molar-refractivity contribution >= 4 is 0 Å². The van der Waals surface area contributed by atoms with E-state index in [4.69, 9.17) is 0 Å². The second kappa shape index (κ2) is 8.10. The number of nitrogens with zero attached hydrogens (tertiary/aromatic N) is 1. The Kier molecular flexibility index (Phi) is 5.40. The van der Waals surface area contributed by atoms with Crippen LogP contribution in [-0.2, 0) is 13.1 Å². The van der Waals surface area contributed by atoms with Crippen molar-refractivity contribution in [2.45, 2.75) is 20.0 Å². The zero-order chi connectivity index (χ0) is 16.6. The fraction of sp³-hybridized carbons (Fsp3) is 0.136.